The number of nitrogens with zero attached hydrogens (tertiary/aromatic N) is 2. The van der Waals surface area contributed by atoms with Gasteiger partial charge in [-0.3, -0.25) is 9.78 Å². The molecule has 6 nitrogen and oxygen atoms in total. The van der Waals surface area contributed by atoms with Crippen LogP contribution in [0.1, 0.15) is 53.0 Å². The average molecular weight is 550 g/mol. The van der Waals surface area contributed by atoms with Crippen molar-refractivity contribution in [2.45, 2.75) is 60.1 Å². The topological polar surface area (TPSA) is 84.9 Å². The van der Waals surface area contributed by atoms with E-state index in [1.165, 1.54) is 0 Å². The number of carbonyl (C=O) groups is 1. The van der Waals surface area contributed by atoms with Gasteiger partial charge in [0.1, 0.15) is 22.8 Å². The van der Waals surface area contributed by atoms with Crippen molar-refractivity contribution in [1.82, 2.24) is 15.0 Å². The van der Waals surface area contributed by atoms with Gasteiger partial charge in [0.15, 0.2) is 5.82 Å². The Morgan fingerprint density at radius 2 is 1.66 bits per heavy atom. The number of hydrogen-bond donors (Lipinski definition) is 1. The SMILES string of the molecule is CC(C)(C)COc1ccc(-c2nc(-c3cc(CCCC(=O)C(C)(C)C(F)(F)F)ccc3Cl)[nH]c(=O)n2)cc1. The first kappa shape index (κ1) is 29.4. The molecular formula is C28H31ClF3N3O3. The van der Waals surface area contributed by atoms with Crippen molar-refractivity contribution in [1.29, 1.82) is 0 Å². The minimum absolute atomic E-state index is 0.00635. The normalized spacial score (nSPS) is 12.4. The molecule has 0 aliphatic rings. The van der Waals surface area contributed by atoms with Crippen LogP contribution in [0.3, 0.4) is 0 Å². The quantitative estimate of drug-likeness (QED) is 0.309. The number of alkyl halides is 3. The Morgan fingerprint density at radius 3 is 2.26 bits per heavy atom. The third-order valence-corrected chi connectivity index (χ3v) is 6.33. The monoisotopic (exact) mass is 549 g/mol. The number of rotatable bonds is 9. The molecule has 0 saturated carbocycles. The molecule has 0 amide bonds. The highest BCUT2D eigenvalue weighted by molar-refractivity contribution is 6.33. The van der Waals surface area contributed by atoms with Gasteiger partial charge in [-0.25, -0.2) is 9.78 Å². The smallest absolute Gasteiger partial charge is 0.400 e. The molecule has 1 heterocycles. The largest absolute Gasteiger partial charge is 0.493 e. The molecule has 3 rings (SSSR count). The summed E-state index contributed by atoms with van der Waals surface area (Å²) in [6.45, 7) is 8.54. The van der Waals surface area contributed by atoms with Crippen LogP contribution in [0.25, 0.3) is 22.8 Å². The zero-order valence-electron chi connectivity index (χ0n) is 22.0. The predicted octanol–water partition coefficient (Wildman–Crippen LogP) is 7.06. The van der Waals surface area contributed by atoms with Gasteiger partial charge in [-0.2, -0.15) is 18.2 Å². The predicted molar refractivity (Wildman–Crippen MR) is 141 cm³/mol. The fourth-order valence-corrected chi connectivity index (χ4v) is 3.68. The van der Waals surface area contributed by atoms with Crippen molar-refractivity contribution in [3.8, 4) is 28.5 Å². The number of H-pyrrole nitrogens is 1. The summed E-state index contributed by atoms with van der Waals surface area (Å²) >= 11 is 6.39. The van der Waals surface area contributed by atoms with Crippen LogP contribution in [0.5, 0.6) is 5.75 Å². The number of aromatic amines is 1. The first-order valence-corrected chi connectivity index (χ1v) is 12.5. The molecule has 0 bridgehead atoms. The maximum atomic E-state index is 13.1. The van der Waals surface area contributed by atoms with E-state index < -0.39 is 23.1 Å². The van der Waals surface area contributed by atoms with Crippen molar-refractivity contribution >= 4 is 17.4 Å². The molecule has 0 spiro atoms. The van der Waals surface area contributed by atoms with Crippen LogP contribution in [-0.2, 0) is 11.2 Å². The molecule has 0 radical (unpaired) electrons. The van der Waals surface area contributed by atoms with Gasteiger partial charge in [-0.15, -0.1) is 0 Å². The molecule has 0 fully saturated rings. The van der Waals surface area contributed by atoms with Gasteiger partial charge in [-0.1, -0.05) is 38.4 Å². The molecule has 1 N–H and O–H groups in total. The molecule has 0 aliphatic carbocycles. The highest BCUT2D eigenvalue weighted by Crippen LogP contribution is 2.39. The summed E-state index contributed by atoms with van der Waals surface area (Å²) in [7, 11) is 0. The van der Waals surface area contributed by atoms with Gasteiger partial charge in [0.2, 0.25) is 0 Å². The molecule has 3 aromatic rings. The van der Waals surface area contributed by atoms with Crippen LogP contribution in [0.15, 0.2) is 47.3 Å². The first-order valence-electron chi connectivity index (χ1n) is 12.2. The standard InChI is InChI=1S/C28H31ClF3N3O3/c1-26(2,3)16-38-19-12-10-18(11-13-19)23-33-24(35-25(37)34-23)20-15-17(9-14-21(20)29)7-6-8-22(36)27(4,5)28(30,31)32/h9-15H,6-8,16H2,1-5H3,(H,33,34,35,37). The van der Waals surface area contributed by atoms with Crippen molar-refractivity contribution in [3.05, 3.63) is 63.5 Å². The van der Waals surface area contributed by atoms with Gasteiger partial charge in [0.05, 0.1) is 11.6 Å². The van der Waals surface area contributed by atoms with Crippen LogP contribution < -0.4 is 10.4 Å². The molecule has 0 aliphatic heterocycles. The van der Waals surface area contributed by atoms with E-state index in [9.17, 15) is 22.8 Å². The number of aryl methyl sites for hydroxylation is 1. The molecule has 0 saturated heterocycles. The number of ketones is 1. The summed E-state index contributed by atoms with van der Waals surface area (Å²) in [5, 5.41) is 0.328. The zero-order valence-corrected chi connectivity index (χ0v) is 22.8. The minimum atomic E-state index is -4.60. The highest BCUT2D eigenvalue weighted by Gasteiger charge is 2.51. The van der Waals surface area contributed by atoms with Crippen molar-refractivity contribution in [3.63, 3.8) is 0 Å². The molecule has 38 heavy (non-hydrogen) atoms. The van der Waals surface area contributed by atoms with Crippen LogP contribution in [0.4, 0.5) is 13.2 Å². The minimum Gasteiger partial charge on any atom is -0.493 e. The summed E-state index contributed by atoms with van der Waals surface area (Å²) in [5.74, 6) is 0.224. The number of aromatic nitrogens is 3. The van der Waals surface area contributed by atoms with E-state index in [1.807, 2.05) is 0 Å². The van der Waals surface area contributed by atoms with E-state index in [1.54, 1.807) is 42.5 Å². The number of hydrogen-bond acceptors (Lipinski definition) is 5. The summed E-state index contributed by atoms with van der Waals surface area (Å²) < 4.78 is 45.1. The van der Waals surface area contributed by atoms with Crippen LogP contribution >= 0.6 is 11.6 Å². The molecule has 204 valence electrons. The fourth-order valence-electron chi connectivity index (χ4n) is 3.47. The molecule has 1 aromatic heterocycles. The lowest BCUT2D eigenvalue weighted by molar-refractivity contribution is -0.210. The average Bonchev–Trinajstić information content (AvgIpc) is 2.82. The molecule has 0 unspecified atom stereocenters. The second-order valence-electron chi connectivity index (χ2n) is 10.9. The Labute approximate surface area is 224 Å². The number of carbonyl (C=O) groups excluding carboxylic acids is 1. The lowest BCUT2D eigenvalue weighted by atomic mass is 9.84. The molecule has 10 heteroatoms. The van der Waals surface area contributed by atoms with Crippen molar-refractivity contribution in [2.75, 3.05) is 6.61 Å². The summed E-state index contributed by atoms with van der Waals surface area (Å²) in [5.41, 5.74) is -1.21. The van der Waals surface area contributed by atoms with Gasteiger partial charge >= 0.3 is 11.9 Å². The van der Waals surface area contributed by atoms with E-state index in [0.717, 1.165) is 19.4 Å². The van der Waals surface area contributed by atoms with E-state index in [2.05, 4.69) is 35.7 Å². The number of benzene rings is 2. The zero-order chi connectivity index (χ0) is 28.3. The Balaban J connectivity index is 1.78. The van der Waals surface area contributed by atoms with Crippen LogP contribution in [0, 0.1) is 10.8 Å². The summed E-state index contributed by atoms with van der Waals surface area (Å²) in [4.78, 5) is 35.6. The van der Waals surface area contributed by atoms with E-state index in [4.69, 9.17) is 16.3 Å². The van der Waals surface area contributed by atoms with Crippen LogP contribution in [0.2, 0.25) is 5.02 Å². The Bertz CT molecular complexity index is 1340. The number of Topliss-reactive ketones (excluding diaryl/α,β-unsaturated/α-hetero) is 1. The van der Waals surface area contributed by atoms with E-state index in [-0.39, 0.29) is 29.9 Å². The number of ether oxygens (including phenoxy) is 1. The van der Waals surface area contributed by atoms with Crippen LogP contribution in [-0.4, -0.2) is 33.5 Å². The molecule has 2 aromatic carbocycles. The number of nitrogens with one attached hydrogen (secondary N) is 1. The summed E-state index contributed by atoms with van der Waals surface area (Å²) in [6.07, 6.45) is -4.24. The summed E-state index contributed by atoms with van der Waals surface area (Å²) in [6, 6.07) is 12.1. The van der Waals surface area contributed by atoms with Gasteiger partial charge in [0.25, 0.3) is 0 Å². The molecular weight excluding hydrogens is 519 g/mol. The lowest BCUT2D eigenvalue weighted by Gasteiger charge is -2.26. The van der Waals surface area contributed by atoms with Gasteiger partial charge < -0.3 is 4.74 Å². The lowest BCUT2D eigenvalue weighted by Crippen LogP contribution is -2.39. The number of halogens is 4. The maximum Gasteiger partial charge on any atom is 0.400 e. The Morgan fingerprint density at radius 1 is 1.00 bits per heavy atom. The highest BCUT2D eigenvalue weighted by atomic mass is 35.5. The second-order valence-corrected chi connectivity index (χ2v) is 11.3. The third-order valence-electron chi connectivity index (χ3n) is 6.00. The second kappa shape index (κ2) is 11.3. The van der Waals surface area contributed by atoms with Crippen molar-refractivity contribution < 1.29 is 22.7 Å². The fraction of sp³-hybridized carbons (Fsp3) is 0.429. The van der Waals surface area contributed by atoms with Gasteiger partial charge in [0, 0.05) is 17.5 Å². The van der Waals surface area contributed by atoms with E-state index in [0.29, 0.717) is 34.9 Å². The van der Waals surface area contributed by atoms with Crippen molar-refractivity contribution in [2.24, 2.45) is 10.8 Å². The van der Waals surface area contributed by atoms with E-state index >= 15 is 0 Å². The first-order chi connectivity index (χ1) is 17.6. The molecule has 0 atom stereocenters. The Hall–Kier alpha value is -3.20. The third kappa shape index (κ3) is 7.43. The maximum absolute atomic E-state index is 13.1. The Kier molecular flexibility index (Phi) is 8.71. The van der Waals surface area contributed by atoms with Gasteiger partial charge in [-0.05, 0) is 74.1 Å².